The number of nitrogens with zero attached hydrogens (tertiary/aromatic N) is 2. The minimum Gasteiger partial charge on any atom is -0.543 e. The second-order valence-corrected chi connectivity index (χ2v) is 9.07. The normalized spacial score (nSPS) is 21.8. The number of aliphatic hydroxyl groups excluding tert-OH is 1. The smallest absolute Gasteiger partial charge is 0.236 e. The molecular formula is C21H20N2O4S2. The molecule has 0 saturated carbocycles. The van der Waals surface area contributed by atoms with Gasteiger partial charge in [-0.3, -0.25) is 9.69 Å². The lowest BCUT2D eigenvalue weighted by Crippen LogP contribution is -2.61. The first-order valence-electron chi connectivity index (χ1n) is 9.16. The van der Waals surface area contributed by atoms with E-state index in [2.05, 4.69) is 16.8 Å². The second kappa shape index (κ2) is 7.85. The highest BCUT2D eigenvalue weighted by Crippen LogP contribution is 2.53. The van der Waals surface area contributed by atoms with Crippen LogP contribution >= 0.6 is 23.5 Å². The van der Waals surface area contributed by atoms with E-state index in [9.17, 15) is 19.8 Å². The standard InChI is InChI=1S/C21H20N2O4S2/c1-12(24)16-19(25)23-17(21(26)27)18(29-20(16)23)14-7-5-13(6-8-14)10-22-9-3-4-15(11-22)28-2/h3-9,11-12,16,20,24H,10H2,1-2H3/t12-,16+,20-/m1/s1. The first kappa shape index (κ1) is 20.0. The molecule has 2 aromatic rings. The van der Waals surface area contributed by atoms with Gasteiger partial charge in [0.1, 0.15) is 5.37 Å². The first-order chi connectivity index (χ1) is 13.9. The van der Waals surface area contributed by atoms with E-state index in [0.717, 1.165) is 11.1 Å². The zero-order valence-corrected chi connectivity index (χ0v) is 17.6. The van der Waals surface area contributed by atoms with E-state index in [0.29, 0.717) is 11.4 Å². The van der Waals surface area contributed by atoms with E-state index in [1.54, 1.807) is 18.7 Å². The Morgan fingerprint density at radius 1 is 1.34 bits per heavy atom. The van der Waals surface area contributed by atoms with Gasteiger partial charge in [0.2, 0.25) is 5.91 Å². The fraction of sp³-hybridized carbons (Fsp3) is 0.286. The van der Waals surface area contributed by atoms with E-state index in [4.69, 9.17) is 0 Å². The highest BCUT2D eigenvalue weighted by atomic mass is 32.2. The molecule has 1 amide bonds. The third-order valence-corrected chi connectivity index (χ3v) is 7.26. The average Bonchev–Trinajstić information content (AvgIpc) is 3.03. The van der Waals surface area contributed by atoms with E-state index >= 15 is 0 Å². The minimum atomic E-state index is -1.37. The fourth-order valence-electron chi connectivity index (χ4n) is 3.67. The molecular weight excluding hydrogens is 408 g/mol. The maximum atomic E-state index is 12.3. The molecule has 0 radical (unpaired) electrons. The Kier molecular flexibility index (Phi) is 5.42. The molecule has 2 aliphatic heterocycles. The first-order valence-corrected chi connectivity index (χ1v) is 11.3. The number of thioether (sulfide) groups is 2. The van der Waals surface area contributed by atoms with Gasteiger partial charge in [0.05, 0.1) is 28.6 Å². The number of hydrogen-bond donors (Lipinski definition) is 1. The molecule has 4 rings (SSSR count). The lowest BCUT2D eigenvalue weighted by molar-refractivity contribution is -0.690. The lowest BCUT2D eigenvalue weighted by Gasteiger charge is -2.44. The number of carboxylic acids is 1. The number of amides is 1. The van der Waals surface area contributed by atoms with E-state index in [-0.39, 0.29) is 11.6 Å². The fourth-order valence-corrected chi connectivity index (χ4v) is 5.73. The number of β-lactam (4-membered cyclic amide) rings is 1. The molecule has 0 unspecified atom stereocenters. The topological polar surface area (TPSA) is 84.5 Å². The molecule has 1 aromatic heterocycles. The Bertz CT molecular complexity index is 1000. The summed E-state index contributed by atoms with van der Waals surface area (Å²) in [5, 5.41) is 21.2. The third kappa shape index (κ3) is 3.56. The lowest BCUT2D eigenvalue weighted by atomic mass is 9.92. The van der Waals surface area contributed by atoms with Gasteiger partial charge in [-0.05, 0) is 24.8 Å². The van der Waals surface area contributed by atoms with Gasteiger partial charge in [0.15, 0.2) is 18.9 Å². The maximum Gasteiger partial charge on any atom is 0.236 e. The predicted molar refractivity (Wildman–Crippen MR) is 109 cm³/mol. The van der Waals surface area contributed by atoms with Crippen molar-refractivity contribution >= 4 is 40.3 Å². The summed E-state index contributed by atoms with van der Waals surface area (Å²) in [7, 11) is 0. The van der Waals surface area contributed by atoms with Crippen LogP contribution in [0.25, 0.3) is 4.91 Å². The van der Waals surface area contributed by atoms with Crippen molar-refractivity contribution in [3.05, 3.63) is 65.6 Å². The summed E-state index contributed by atoms with van der Waals surface area (Å²) in [6.07, 6.45) is 5.29. The second-order valence-electron chi connectivity index (χ2n) is 7.06. The average molecular weight is 429 g/mol. The van der Waals surface area contributed by atoms with E-state index < -0.39 is 23.4 Å². The van der Waals surface area contributed by atoms with Crippen LogP contribution in [0.1, 0.15) is 18.1 Å². The van der Waals surface area contributed by atoms with Crippen LogP contribution in [-0.2, 0) is 16.1 Å². The molecule has 6 nitrogen and oxygen atoms in total. The molecule has 8 heteroatoms. The maximum absolute atomic E-state index is 12.3. The van der Waals surface area contributed by atoms with Crippen molar-refractivity contribution in [3.8, 4) is 0 Å². The largest absolute Gasteiger partial charge is 0.543 e. The molecule has 3 atom stereocenters. The number of aromatic nitrogens is 1. The monoisotopic (exact) mass is 428 g/mol. The van der Waals surface area contributed by atoms with Crippen molar-refractivity contribution in [2.24, 2.45) is 5.92 Å². The van der Waals surface area contributed by atoms with Crippen molar-refractivity contribution < 1.29 is 24.4 Å². The molecule has 1 saturated heterocycles. The summed E-state index contributed by atoms with van der Waals surface area (Å²) >= 11 is 2.98. The van der Waals surface area contributed by atoms with Crippen molar-refractivity contribution in [3.63, 3.8) is 0 Å². The van der Waals surface area contributed by atoms with E-state index in [1.807, 2.05) is 42.8 Å². The molecule has 0 bridgehead atoms. The van der Waals surface area contributed by atoms with E-state index in [1.165, 1.54) is 21.6 Å². The quantitative estimate of drug-likeness (QED) is 0.421. The van der Waals surface area contributed by atoms with Crippen LogP contribution in [0.5, 0.6) is 0 Å². The predicted octanol–water partition coefficient (Wildman–Crippen LogP) is 1.07. The number of hydrogen-bond acceptors (Lipinski definition) is 6. The molecule has 0 aliphatic carbocycles. The van der Waals surface area contributed by atoms with Gasteiger partial charge in [-0.25, -0.2) is 0 Å². The number of fused-ring (bicyclic) bond motifs is 1. The number of carbonyl (C=O) groups excluding carboxylic acids is 2. The Morgan fingerprint density at radius 3 is 2.69 bits per heavy atom. The number of carboxylic acid groups (broad SMARTS) is 1. The highest BCUT2D eigenvalue weighted by molar-refractivity contribution is 8.09. The molecule has 150 valence electrons. The molecule has 3 heterocycles. The van der Waals surface area contributed by atoms with Gasteiger partial charge in [0, 0.05) is 16.5 Å². The Balaban J connectivity index is 1.58. The summed E-state index contributed by atoms with van der Waals surface area (Å²) in [5.41, 5.74) is 1.71. The summed E-state index contributed by atoms with van der Waals surface area (Å²) in [6.45, 7) is 2.25. The van der Waals surface area contributed by atoms with Crippen molar-refractivity contribution in [2.75, 3.05) is 6.26 Å². The number of rotatable bonds is 6. The van der Waals surface area contributed by atoms with Crippen LogP contribution in [0, 0.1) is 5.92 Å². The molecule has 2 aliphatic rings. The number of aliphatic carboxylic acids is 1. The Morgan fingerprint density at radius 2 is 2.07 bits per heavy atom. The Labute approximate surface area is 177 Å². The SMILES string of the molecule is CSc1ccc[n+](Cc2ccc(C3=C(C(=O)[O-])N4C(=O)[C@H]([C@@H](C)O)[C@H]4S3)cc2)c1. The summed E-state index contributed by atoms with van der Waals surface area (Å²) < 4.78 is 2.09. The number of carbonyl (C=O) groups is 2. The van der Waals surface area contributed by atoms with Gasteiger partial charge in [-0.1, -0.05) is 36.0 Å². The van der Waals surface area contributed by atoms with Gasteiger partial charge < -0.3 is 15.0 Å². The van der Waals surface area contributed by atoms with Crippen LogP contribution in [0.15, 0.2) is 59.4 Å². The Hall–Kier alpha value is -2.29. The van der Waals surface area contributed by atoms with Gasteiger partial charge >= 0.3 is 0 Å². The zero-order valence-electron chi connectivity index (χ0n) is 15.9. The number of aliphatic hydroxyl groups is 1. The minimum absolute atomic E-state index is 0.100. The number of benzene rings is 1. The van der Waals surface area contributed by atoms with Crippen LogP contribution in [0.3, 0.4) is 0 Å². The van der Waals surface area contributed by atoms with Crippen LogP contribution in [0.2, 0.25) is 0 Å². The van der Waals surface area contributed by atoms with Gasteiger partial charge in [-0.15, -0.1) is 11.8 Å². The van der Waals surface area contributed by atoms with Crippen molar-refractivity contribution in [2.45, 2.75) is 29.8 Å². The molecule has 1 aromatic carbocycles. The molecule has 1 fully saturated rings. The summed E-state index contributed by atoms with van der Waals surface area (Å²) in [5.74, 6) is -2.33. The van der Waals surface area contributed by atoms with Crippen LogP contribution in [0.4, 0.5) is 0 Å². The van der Waals surface area contributed by atoms with Gasteiger partial charge in [-0.2, -0.15) is 4.57 Å². The summed E-state index contributed by atoms with van der Waals surface area (Å²) in [4.78, 5) is 27.0. The van der Waals surface area contributed by atoms with Crippen molar-refractivity contribution in [1.29, 1.82) is 0 Å². The summed E-state index contributed by atoms with van der Waals surface area (Å²) in [6, 6.07) is 11.7. The zero-order chi connectivity index (χ0) is 20.7. The third-order valence-electron chi connectivity index (χ3n) is 5.14. The molecule has 1 N–H and O–H groups in total. The van der Waals surface area contributed by atoms with Crippen molar-refractivity contribution in [1.82, 2.24) is 4.90 Å². The number of pyridine rings is 1. The van der Waals surface area contributed by atoms with Crippen LogP contribution < -0.4 is 9.67 Å². The molecule has 0 spiro atoms. The molecule has 29 heavy (non-hydrogen) atoms. The van der Waals surface area contributed by atoms with Crippen LogP contribution in [-0.4, -0.2) is 39.6 Å². The highest BCUT2D eigenvalue weighted by Gasteiger charge is 2.56. The van der Waals surface area contributed by atoms with Gasteiger partial charge in [0.25, 0.3) is 0 Å².